The Balaban J connectivity index is 2.26. The highest BCUT2D eigenvalue weighted by atomic mass is 32.2. The molecule has 0 aromatic carbocycles. The molecule has 0 aliphatic carbocycles. The van der Waals surface area contributed by atoms with E-state index in [1.54, 1.807) is 0 Å². The summed E-state index contributed by atoms with van der Waals surface area (Å²) in [5.41, 5.74) is 0. The lowest BCUT2D eigenvalue weighted by Crippen LogP contribution is -2.47. The van der Waals surface area contributed by atoms with Crippen LogP contribution in [0.1, 0.15) is 26.7 Å². The zero-order valence-corrected chi connectivity index (χ0v) is 12.6. The highest BCUT2D eigenvalue weighted by Gasteiger charge is 2.25. The summed E-state index contributed by atoms with van der Waals surface area (Å²) < 4.78 is 6.16. The summed E-state index contributed by atoms with van der Waals surface area (Å²) in [6, 6.07) is 0. The maximum atomic E-state index is 5.75. The van der Waals surface area contributed by atoms with Crippen molar-refractivity contribution < 1.29 is 4.74 Å². The van der Waals surface area contributed by atoms with Crippen molar-refractivity contribution >= 4 is 11.8 Å². The first-order valence-electron chi connectivity index (χ1n) is 6.71. The van der Waals surface area contributed by atoms with Crippen LogP contribution in [0.2, 0.25) is 0 Å². The van der Waals surface area contributed by atoms with Crippen molar-refractivity contribution in [2.24, 2.45) is 0 Å². The van der Waals surface area contributed by atoms with Crippen molar-refractivity contribution in [2.45, 2.75) is 37.5 Å². The minimum Gasteiger partial charge on any atom is -0.374 e. The molecule has 0 radical (unpaired) electrons. The predicted molar refractivity (Wildman–Crippen MR) is 76.9 cm³/mol. The van der Waals surface area contributed by atoms with Gasteiger partial charge >= 0.3 is 0 Å². The molecule has 1 fully saturated rings. The number of ether oxygens (including phenoxy) is 1. The Hall–Kier alpha value is 0.230. The van der Waals surface area contributed by atoms with Crippen LogP contribution >= 0.6 is 11.8 Å². The second kappa shape index (κ2) is 7.62. The number of nitrogens with zero attached hydrogens (tertiary/aromatic N) is 1. The van der Waals surface area contributed by atoms with E-state index < -0.39 is 0 Å². The van der Waals surface area contributed by atoms with E-state index in [1.807, 2.05) is 11.8 Å². The maximum Gasteiger partial charge on any atom is 0.0826 e. The van der Waals surface area contributed by atoms with E-state index in [1.165, 1.54) is 12.8 Å². The largest absolute Gasteiger partial charge is 0.374 e. The molecule has 0 aromatic heterocycles. The third kappa shape index (κ3) is 4.78. The summed E-state index contributed by atoms with van der Waals surface area (Å²) in [5.74, 6) is 0. The lowest BCUT2D eigenvalue weighted by atomic mass is 10.0. The fraction of sp³-hybridized carbons (Fsp3) is 1.00. The SMILES string of the molecule is CCC(CC)(CNCC1CN(C)CCO1)SC. The van der Waals surface area contributed by atoms with Gasteiger partial charge in [0, 0.05) is 30.9 Å². The topological polar surface area (TPSA) is 24.5 Å². The Morgan fingerprint density at radius 3 is 2.65 bits per heavy atom. The number of morpholine rings is 1. The molecule has 4 heteroatoms. The molecule has 1 atom stereocenters. The molecule has 17 heavy (non-hydrogen) atoms. The van der Waals surface area contributed by atoms with Gasteiger partial charge in [0.05, 0.1) is 12.7 Å². The fourth-order valence-electron chi connectivity index (χ4n) is 2.31. The van der Waals surface area contributed by atoms with Gasteiger partial charge in [-0.1, -0.05) is 13.8 Å². The first-order chi connectivity index (χ1) is 8.15. The number of likely N-dealkylation sites (N-methyl/N-ethyl adjacent to an activating group) is 1. The molecule has 1 aliphatic rings. The monoisotopic (exact) mass is 260 g/mol. The quantitative estimate of drug-likeness (QED) is 0.755. The third-order valence-corrected chi connectivity index (χ3v) is 5.47. The van der Waals surface area contributed by atoms with Gasteiger partial charge in [-0.25, -0.2) is 0 Å². The average molecular weight is 260 g/mol. The molecule has 1 saturated heterocycles. The van der Waals surface area contributed by atoms with E-state index in [4.69, 9.17) is 4.74 Å². The van der Waals surface area contributed by atoms with Crippen LogP contribution < -0.4 is 5.32 Å². The minimum absolute atomic E-state index is 0.363. The Bertz CT molecular complexity index is 201. The summed E-state index contributed by atoms with van der Waals surface area (Å²) in [4.78, 5) is 2.34. The van der Waals surface area contributed by atoms with Crippen molar-refractivity contribution in [3.8, 4) is 0 Å². The molecule has 0 saturated carbocycles. The van der Waals surface area contributed by atoms with E-state index in [9.17, 15) is 0 Å². The highest BCUT2D eigenvalue weighted by Crippen LogP contribution is 2.29. The van der Waals surface area contributed by atoms with Crippen LogP contribution in [0.4, 0.5) is 0 Å². The molecule has 102 valence electrons. The van der Waals surface area contributed by atoms with Crippen LogP contribution in [0.3, 0.4) is 0 Å². The third-order valence-electron chi connectivity index (χ3n) is 3.88. The Morgan fingerprint density at radius 2 is 2.12 bits per heavy atom. The van der Waals surface area contributed by atoms with Gasteiger partial charge in [-0.3, -0.25) is 0 Å². The lowest BCUT2D eigenvalue weighted by Gasteiger charge is -2.33. The van der Waals surface area contributed by atoms with Gasteiger partial charge in [0.15, 0.2) is 0 Å². The van der Waals surface area contributed by atoms with Gasteiger partial charge in [0.25, 0.3) is 0 Å². The average Bonchev–Trinajstić information content (AvgIpc) is 2.35. The van der Waals surface area contributed by atoms with Gasteiger partial charge in [-0.2, -0.15) is 11.8 Å². The highest BCUT2D eigenvalue weighted by molar-refractivity contribution is 8.00. The zero-order chi connectivity index (χ0) is 12.7. The summed E-state index contributed by atoms with van der Waals surface area (Å²) >= 11 is 1.99. The smallest absolute Gasteiger partial charge is 0.0826 e. The molecule has 1 heterocycles. The van der Waals surface area contributed by atoms with Gasteiger partial charge < -0.3 is 15.0 Å². The maximum absolute atomic E-state index is 5.75. The van der Waals surface area contributed by atoms with Crippen LogP contribution in [0.25, 0.3) is 0 Å². The van der Waals surface area contributed by atoms with Gasteiger partial charge in [0.2, 0.25) is 0 Å². The summed E-state index contributed by atoms with van der Waals surface area (Å²) in [5, 5.41) is 3.60. The first-order valence-corrected chi connectivity index (χ1v) is 7.94. The molecule has 3 nitrogen and oxygen atoms in total. The standard InChI is InChI=1S/C13H28N2OS/c1-5-13(6-2,17-4)11-14-9-12-10-15(3)7-8-16-12/h12,14H,5-11H2,1-4H3. The molecule has 1 rings (SSSR count). The van der Waals surface area contributed by atoms with Gasteiger partial charge in [0.1, 0.15) is 0 Å². The van der Waals surface area contributed by atoms with Crippen LogP contribution in [-0.4, -0.2) is 61.8 Å². The molecule has 0 bridgehead atoms. The number of hydrogen-bond acceptors (Lipinski definition) is 4. The summed E-state index contributed by atoms with van der Waals surface area (Å²) in [7, 11) is 2.17. The zero-order valence-electron chi connectivity index (χ0n) is 11.8. The number of hydrogen-bond donors (Lipinski definition) is 1. The Labute approximate surface area is 111 Å². The van der Waals surface area contributed by atoms with E-state index >= 15 is 0 Å². The van der Waals surface area contributed by atoms with Crippen LogP contribution in [0.15, 0.2) is 0 Å². The number of rotatable bonds is 7. The van der Waals surface area contributed by atoms with Crippen LogP contribution in [0, 0.1) is 0 Å². The van der Waals surface area contributed by atoms with E-state index in [0.717, 1.165) is 32.8 Å². The molecule has 0 amide bonds. The molecule has 0 spiro atoms. The molecule has 1 unspecified atom stereocenters. The molecule has 1 aliphatic heterocycles. The van der Waals surface area contributed by atoms with E-state index in [2.05, 4.69) is 37.4 Å². The van der Waals surface area contributed by atoms with Gasteiger partial charge in [-0.05, 0) is 26.1 Å². The Morgan fingerprint density at radius 1 is 1.41 bits per heavy atom. The van der Waals surface area contributed by atoms with Crippen molar-refractivity contribution in [2.75, 3.05) is 46.1 Å². The van der Waals surface area contributed by atoms with Crippen LogP contribution in [0.5, 0.6) is 0 Å². The number of thioether (sulfide) groups is 1. The summed E-state index contributed by atoms with van der Waals surface area (Å²) in [6.45, 7) is 9.63. The van der Waals surface area contributed by atoms with E-state index in [-0.39, 0.29) is 0 Å². The molecular formula is C13H28N2OS. The van der Waals surface area contributed by atoms with Crippen molar-refractivity contribution in [1.82, 2.24) is 10.2 Å². The molecule has 0 aromatic rings. The summed E-state index contributed by atoms with van der Waals surface area (Å²) in [6.07, 6.45) is 5.04. The van der Waals surface area contributed by atoms with Crippen LogP contribution in [-0.2, 0) is 4.74 Å². The van der Waals surface area contributed by atoms with Crippen molar-refractivity contribution in [3.05, 3.63) is 0 Å². The minimum atomic E-state index is 0.363. The van der Waals surface area contributed by atoms with E-state index in [0.29, 0.717) is 10.9 Å². The van der Waals surface area contributed by atoms with Gasteiger partial charge in [-0.15, -0.1) is 0 Å². The normalized spacial score (nSPS) is 22.9. The fourth-order valence-corrected chi connectivity index (χ4v) is 3.14. The second-order valence-electron chi connectivity index (χ2n) is 4.98. The first kappa shape index (κ1) is 15.3. The molecule has 1 N–H and O–H groups in total. The predicted octanol–water partition coefficient (Wildman–Crippen LogP) is 1.83. The lowest BCUT2D eigenvalue weighted by molar-refractivity contribution is -0.0182. The number of nitrogens with one attached hydrogen (secondary N) is 1. The van der Waals surface area contributed by atoms with Crippen molar-refractivity contribution in [1.29, 1.82) is 0 Å². The Kier molecular flexibility index (Phi) is 6.85. The van der Waals surface area contributed by atoms with Crippen molar-refractivity contribution in [3.63, 3.8) is 0 Å². The molecular weight excluding hydrogens is 232 g/mol. The second-order valence-corrected chi connectivity index (χ2v) is 6.25.